The first kappa shape index (κ1) is 9.71. The quantitative estimate of drug-likeness (QED) is 0.685. The molecule has 0 saturated carbocycles. The number of hydrogen-bond acceptors (Lipinski definition) is 3. The third-order valence-electron chi connectivity index (χ3n) is 2.23. The SMILES string of the molecule is CCC[n+]1c(C(=O)[O-])oc2ccccc21. The van der Waals surface area contributed by atoms with E-state index in [0.717, 1.165) is 11.9 Å². The minimum Gasteiger partial charge on any atom is -0.537 e. The molecule has 2 aromatic rings. The van der Waals surface area contributed by atoms with E-state index in [1.54, 1.807) is 16.7 Å². The van der Waals surface area contributed by atoms with Crippen molar-refractivity contribution in [2.24, 2.45) is 0 Å². The highest BCUT2D eigenvalue weighted by Gasteiger charge is 2.21. The summed E-state index contributed by atoms with van der Waals surface area (Å²) in [6.45, 7) is 2.59. The molecule has 0 aliphatic heterocycles. The van der Waals surface area contributed by atoms with Gasteiger partial charge in [-0.2, -0.15) is 4.57 Å². The van der Waals surface area contributed by atoms with Crippen molar-refractivity contribution >= 4 is 17.1 Å². The molecular formula is C11H11NO3. The number of benzene rings is 1. The number of oxazole rings is 1. The summed E-state index contributed by atoms with van der Waals surface area (Å²) in [5.74, 6) is -1.39. The molecule has 0 bridgehead atoms. The average Bonchev–Trinajstić information content (AvgIpc) is 2.58. The van der Waals surface area contributed by atoms with E-state index in [1.807, 2.05) is 19.1 Å². The van der Waals surface area contributed by atoms with E-state index >= 15 is 0 Å². The molecule has 0 N–H and O–H groups in total. The summed E-state index contributed by atoms with van der Waals surface area (Å²) >= 11 is 0. The van der Waals surface area contributed by atoms with E-state index in [1.165, 1.54) is 0 Å². The summed E-state index contributed by atoms with van der Waals surface area (Å²) < 4.78 is 6.84. The van der Waals surface area contributed by atoms with Crippen molar-refractivity contribution in [3.8, 4) is 0 Å². The van der Waals surface area contributed by atoms with Crippen molar-refractivity contribution < 1.29 is 18.9 Å². The Kier molecular flexibility index (Phi) is 2.41. The number of carboxylic acids is 1. The number of carboxylic acid groups (broad SMARTS) is 1. The number of aromatic nitrogens is 1. The van der Waals surface area contributed by atoms with Crippen LogP contribution in [-0.2, 0) is 6.54 Å². The fourth-order valence-electron chi connectivity index (χ4n) is 1.63. The Balaban J connectivity index is 2.68. The summed E-state index contributed by atoms with van der Waals surface area (Å²) in [5, 5.41) is 10.8. The van der Waals surface area contributed by atoms with Crippen LogP contribution in [0.1, 0.15) is 24.0 Å². The summed E-state index contributed by atoms with van der Waals surface area (Å²) in [6, 6.07) is 7.24. The van der Waals surface area contributed by atoms with Crippen LogP contribution in [0, 0.1) is 0 Å². The minimum absolute atomic E-state index is 0.113. The van der Waals surface area contributed by atoms with Gasteiger partial charge in [0.2, 0.25) is 5.58 Å². The zero-order valence-corrected chi connectivity index (χ0v) is 8.40. The highest BCUT2D eigenvalue weighted by Crippen LogP contribution is 2.12. The van der Waals surface area contributed by atoms with E-state index in [4.69, 9.17) is 4.42 Å². The largest absolute Gasteiger partial charge is 0.537 e. The van der Waals surface area contributed by atoms with E-state index < -0.39 is 5.97 Å². The lowest BCUT2D eigenvalue weighted by molar-refractivity contribution is -0.680. The number of rotatable bonds is 3. The third kappa shape index (κ3) is 1.58. The summed E-state index contributed by atoms with van der Waals surface area (Å²) in [4.78, 5) is 10.8. The molecule has 0 aliphatic rings. The van der Waals surface area contributed by atoms with Gasteiger partial charge in [-0.05, 0) is 6.07 Å². The van der Waals surface area contributed by atoms with Gasteiger partial charge in [-0.15, -0.1) is 0 Å². The number of hydrogen-bond donors (Lipinski definition) is 0. The van der Waals surface area contributed by atoms with Gasteiger partial charge in [-0.25, -0.2) is 0 Å². The fraction of sp³-hybridized carbons (Fsp3) is 0.273. The second-order valence-electron chi connectivity index (χ2n) is 3.31. The number of nitrogens with zero attached hydrogens (tertiary/aromatic N) is 1. The zero-order valence-electron chi connectivity index (χ0n) is 8.40. The molecule has 0 amide bonds. The van der Waals surface area contributed by atoms with Crippen molar-refractivity contribution in [3.05, 3.63) is 30.2 Å². The highest BCUT2D eigenvalue weighted by atomic mass is 16.4. The first-order valence-electron chi connectivity index (χ1n) is 4.86. The van der Waals surface area contributed by atoms with Gasteiger partial charge in [-0.3, -0.25) is 0 Å². The molecule has 0 atom stereocenters. The van der Waals surface area contributed by atoms with E-state index in [-0.39, 0.29) is 5.89 Å². The van der Waals surface area contributed by atoms with Crippen molar-refractivity contribution in [3.63, 3.8) is 0 Å². The van der Waals surface area contributed by atoms with Crippen LogP contribution in [0.25, 0.3) is 11.1 Å². The molecule has 0 aliphatic carbocycles. The van der Waals surface area contributed by atoms with Crippen LogP contribution in [0.5, 0.6) is 0 Å². The van der Waals surface area contributed by atoms with Gasteiger partial charge in [0.05, 0.1) is 0 Å². The van der Waals surface area contributed by atoms with E-state index in [9.17, 15) is 9.90 Å². The van der Waals surface area contributed by atoms with Crippen LogP contribution in [0.2, 0.25) is 0 Å². The number of fused-ring (bicyclic) bond motifs is 1. The predicted molar refractivity (Wildman–Crippen MR) is 51.0 cm³/mol. The predicted octanol–water partition coefficient (Wildman–Crippen LogP) is 0.494. The molecule has 2 rings (SSSR count). The van der Waals surface area contributed by atoms with Crippen LogP contribution >= 0.6 is 0 Å². The summed E-state index contributed by atoms with van der Waals surface area (Å²) in [7, 11) is 0. The number of carbonyl (C=O) groups is 1. The lowest BCUT2D eigenvalue weighted by Crippen LogP contribution is -2.42. The molecule has 15 heavy (non-hydrogen) atoms. The van der Waals surface area contributed by atoms with E-state index in [0.29, 0.717) is 12.1 Å². The van der Waals surface area contributed by atoms with Crippen molar-refractivity contribution in [2.45, 2.75) is 19.9 Å². The molecule has 4 heteroatoms. The number of para-hydroxylation sites is 2. The average molecular weight is 205 g/mol. The molecule has 0 saturated heterocycles. The Bertz CT molecular complexity index is 502. The van der Waals surface area contributed by atoms with Crippen LogP contribution < -0.4 is 9.67 Å². The van der Waals surface area contributed by atoms with Crippen LogP contribution in [0.3, 0.4) is 0 Å². The summed E-state index contributed by atoms with van der Waals surface area (Å²) in [5.41, 5.74) is 1.36. The maximum absolute atomic E-state index is 10.8. The topological polar surface area (TPSA) is 57.1 Å². The number of aryl methyl sites for hydroxylation is 1. The Hall–Kier alpha value is -1.84. The number of carbonyl (C=O) groups excluding carboxylic acids is 1. The molecule has 0 unspecified atom stereocenters. The lowest BCUT2D eigenvalue weighted by atomic mass is 10.3. The van der Waals surface area contributed by atoms with Crippen LogP contribution in [0.15, 0.2) is 28.7 Å². The molecule has 0 fully saturated rings. The number of aromatic carboxylic acids is 1. The Labute approximate surface area is 86.8 Å². The zero-order chi connectivity index (χ0) is 10.8. The smallest absolute Gasteiger partial charge is 0.397 e. The van der Waals surface area contributed by atoms with Gasteiger partial charge >= 0.3 is 5.89 Å². The molecule has 4 nitrogen and oxygen atoms in total. The minimum atomic E-state index is -1.28. The maximum atomic E-state index is 10.8. The van der Waals surface area contributed by atoms with Crippen molar-refractivity contribution in [1.29, 1.82) is 0 Å². The molecule has 78 valence electrons. The van der Waals surface area contributed by atoms with Gasteiger partial charge in [0, 0.05) is 12.5 Å². The first-order chi connectivity index (χ1) is 7.24. The van der Waals surface area contributed by atoms with Gasteiger partial charge in [-0.1, -0.05) is 19.1 Å². The lowest BCUT2D eigenvalue weighted by Gasteiger charge is -1.94. The van der Waals surface area contributed by atoms with Crippen molar-refractivity contribution in [2.75, 3.05) is 0 Å². The Morgan fingerprint density at radius 3 is 2.87 bits per heavy atom. The fourth-order valence-corrected chi connectivity index (χ4v) is 1.63. The maximum Gasteiger partial charge on any atom is 0.397 e. The molecular weight excluding hydrogens is 194 g/mol. The van der Waals surface area contributed by atoms with Gasteiger partial charge in [0.25, 0.3) is 5.52 Å². The summed E-state index contributed by atoms with van der Waals surface area (Å²) in [6.07, 6.45) is 0.842. The van der Waals surface area contributed by atoms with Gasteiger partial charge in [0.15, 0.2) is 12.5 Å². The molecule has 0 spiro atoms. The highest BCUT2D eigenvalue weighted by molar-refractivity contribution is 5.81. The van der Waals surface area contributed by atoms with Gasteiger partial charge in [0.1, 0.15) is 0 Å². The Morgan fingerprint density at radius 1 is 1.47 bits per heavy atom. The van der Waals surface area contributed by atoms with E-state index in [2.05, 4.69) is 0 Å². The Morgan fingerprint density at radius 2 is 2.20 bits per heavy atom. The second kappa shape index (κ2) is 3.73. The molecule has 1 aromatic heterocycles. The standard InChI is InChI=1S/C11H11NO3/c1-2-7-12-8-5-3-4-6-9(8)15-10(12)11(13)14/h3-6H,2,7H2,1H3. The van der Waals surface area contributed by atoms with Crippen LogP contribution in [0.4, 0.5) is 0 Å². The van der Waals surface area contributed by atoms with Crippen LogP contribution in [-0.4, -0.2) is 5.97 Å². The molecule has 1 aromatic carbocycles. The monoisotopic (exact) mass is 205 g/mol. The molecule has 0 radical (unpaired) electrons. The normalized spacial score (nSPS) is 10.7. The molecule has 1 heterocycles. The van der Waals surface area contributed by atoms with Crippen molar-refractivity contribution in [1.82, 2.24) is 0 Å². The second-order valence-corrected chi connectivity index (χ2v) is 3.31. The third-order valence-corrected chi connectivity index (χ3v) is 2.23. The first-order valence-corrected chi connectivity index (χ1v) is 4.86. The van der Waals surface area contributed by atoms with Gasteiger partial charge < -0.3 is 14.3 Å².